The normalized spacial score (nSPS) is 10.5. The number of nitrogens with zero attached hydrogens (tertiary/aromatic N) is 3. The molecule has 4 aromatic rings. The maximum absolute atomic E-state index is 12.5. The molecular formula is C20H14N4O2. The number of rotatable bonds is 4. The average molecular weight is 342 g/mol. The second-order valence-corrected chi connectivity index (χ2v) is 5.56. The van der Waals surface area contributed by atoms with Gasteiger partial charge in [-0.3, -0.25) is 9.78 Å². The first-order chi connectivity index (χ1) is 12.8. The Balaban J connectivity index is 1.52. The molecule has 2 aromatic carbocycles. The number of ether oxygens (including phenoxy) is 1. The number of hydrogen-bond donors (Lipinski definition) is 1. The molecule has 2 aromatic heterocycles. The van der Waals surface area contributed by atoms with Crippen LogP contribution < -0.4 is 10.1 Å². The number of benzene rings is 2. The molecule has 0 fully saturated rings. The van der Waals surface area contributed by atoms with Gasteiger partial charge < -0.3 is 10.1 Å². The maximum atomic E-state index is 12.5. The first-order valence-electron chi connectivity index (χ1n) is 8.00. The number of carbonyl (C=O) groups excluding carboxylic acids is 1. The van der Waals surface area contributed by atoms with Gasteiger partial charge in [0.05, 0.1) is 5.52 Å². The zero-order valence-electron chi connectivity index (χ0n) is 13.7. The van der Waals surface area contributed by atoms with Gasteiger partial charge in [-0.05, 0) is 36.4 Å². The number of pyridine rings is 1. The zero-order chi connectivity index (χ0) is 17.8. The topological polar surface area (TPSA) is 77.0 Å². The van der Waals surface area contributed by atoms with E-state index in [-0.39, 0.29) is 5.91 Å². The molecule has 0 saturated carbocycles. The van der Waals surface area contributed by atoms with Gasteiger partial charge in [-0.2, -0.15) is 5.10 Å². The number of carbonyl (C=O) groups is 1. The van der Waals surface area contributed by atoms with Gasteiger partial charge in [0.1, 0.15) is 5.75 Å². The van der Waals surface area contributed by atoms with Crippen molar-refractivity contribution in [2.45, 2.75) is 0 Å². The van der Waals surface area contributed by atoms with Crippen molar-refractivity contribution in [1.29, 1.82) is 0 Å². The highest BCUT2D eigenvalue weighted by atomic mass is 16.5. The van der Waals surface area contributed by atoms with Crippen molar-refractivity contribution >= 4 is 22.5 Å². The minimum Gasteiger partial charge on any atom is -0.437 e. The zero-order valence-corrected chi connectivity index (χ0v) is 13.7. The first-order valence-corrected chi connectivity index (χ1v) is 8.00. The summed E-state index contributed by atoms with van der Waals surface area (Å²) in [7, 11) is 0. The third kappa shape index (κ3) is 3.49. The molecule has 0 spiro atoms. The second kappa shape index (κ2) is 6.98. The summed E-state index contributed by atoms with van der Waals surface area (Å²) in [5, 5.41) is 11.5. The van der Waals surface area contributed by atoms with Gasteiger partial charge in [0, 0.05) is 41.2 Å². The summed E-state index contributed by atoms with van der Waals surface area (Å²) in [6.45, 7) is 0. The van der Waals surface area contributed by atoms with E-state index in [1.807, 2.05) is 18.2 Å². The number of amides is 1. The predicted molar refractivity (Wildman–Crippen MR) is 98.2 cm³/mol. The van der Waals surface area contributed by atoms with Crippen LogP contribution in [0.3, 0.4) is 0 Å². The lowest BCUT2D eigenvalue weighted by atomic mass is 10.1. The molecule has 0 saturated heterocycles. The molecule has 0 radical (unpaired) electrons. The first kappa shape index (κ1) is 15.7. The Hall–Kier alpha value is -3.80. The Morgan fingerprint density at radius 2 is 1.85 bits per heavy atom. The molecule has 0 aliphatic carbocycles. The van der Waals surface area contributed by atoms with E-state index in [2.05, 4.69) is 20.5 Å². The van der Waals surface area contributed by atoms with E-state index < -0.39 is 0 Å². The summed E-state index contributed by atoms with van der Waals surface area (Å²) in [6, 6.07) is 19.8. The van der Waals surface area contributed by atoms with Crippen LogP contribution in [0, 0.1) is 0 Å². The van der Waals surface area contributed by atoms with E-state index >= 15 is 0 Å². The Kier molecular flexibility index (Phi) is 4.22. The summed E-state index contributed by atoms with van der Waals surface area (Å²) in [5.74, 6) is 0.731. The number of nitrogens with one attached hydrogen (secondary N) is 1. The molecular weight excluding hydrogens is 328 g/mol. The number of anilines is 1. The van der Waals surface area contributed by atoms with Crippen molar-refractivity contribution in [2.75, 3.05) is 5.32 Å². The minimum atomic E-state index is -0.214. The van der Waals surface area contributed by atoms with Crippen LogP contribution in [0.15, 0.2) is 79.1 Å². The predicted octanol–water partition coefficient (Wildman–Crippen LogP) is 4.07. The quantitative estimate of drug-likeness (QED) is 0.605. The number of fused-ring (bicyclic) bond motifs is 1. The van der Waals surface area contributed by atoms with Crippen LogP contribution in [-0.2, 0) is 0 Å². The SMILES string of the molecule is O=C(Nc1cccc(Oc2cccnn2)c1)c1ccc2cccnc2c1. The molecule has 0 aliphatic rings. The summed E-state index contributed by atoms with van der Waals surface area (Å²) in [5.41, 5.74) is 1.94. The van der Waals surface area contributed by atoms with Crippen molar-refractivity contribution in [3.63, 3.8) is 0 Å². The van der Waals surface area contributed by atoms with Gasteiger partial charge in [0.25, 0.3) is 5.91 Å². The fraction of sp³-hybridized carbons (Fsp3) is 0. The van der Waals surface area contributed by atoms with Gasteiger partial charge in [0.2, 0.25) is 5.88 Å². The average Bonchev–Trinajstić information content (AvgIpc) is 2.68. The number of hydrogen-bond acceptors (Lipinski definition) is 5. The summed E-state index contributed by atoms with van der Waals surface area (Å²) >= 11 is 0. The highest BCUT2D eigenvalue weighted by Crippen LogP contribution is 2.23. The minimum absolute atomic E-state index is 0.214. The Morgan fingerprint density at radius 3 is 2.73 bits per heavy atom. The van der Waals surface area contributed by atoms with Gasteiger partial charge in [0.15, 0.2) is 0 Å². The summed E-state index contributed by atoms with van der Waals surface area (Å²) < 4.78 is 5.63. The second-order valence-electron chi connectivity index (χ2n) is 5.56. The summed E-state index contributed by atoms with van der Waals surface area (Å²) in [4.78, 5) is 16.8. The van der Waals surface area contributed by atoms with E-state index in [9.17, 15) is 4.79 Å². The van der Waals surface area contributed by atoms with Gasteiger partial charge >= 0.3 is 0 Å². The van der Waals surface area contributed by atoms with Gasteiger partial charge in [-0.15, -0.1) is 5.10 Å². The standard InChI is InChI=1S/C20H14N4O2/c25-20(15-9-8-14-4-2-10-21-18(14)12-15)23-16-5-1-6-17(13-16)26-19-7-3-11-22-24-19/h1-13H,(H,23,25). The molecule has 6 nitrogen and oxygen atoms in total. The molecule has 0 atom stereocenters. The fourth-order valence-corrected chi connectivity index (χ4v) is 2.51. The van der Waals surface area contributed by atoms with Crippen LogP contribution in [0.5, 0.6) is 11.6 Å². The van der Waals surface area contributed by atoms with Crippen LogP contribution in [0.1, 0.15) is 10.4 Å². The van der Waals surface area contributed by atoms with Crippen LogP contribution >= 0.6 is 0 Å². The molecule has 2 heterocycles. The van der Waals surface area contributed by atoms with Crippen molar-refractivity contribution in [1.82, 2.24) is 15.2 Å². The number of aromatic nitrogens is 3. The molecule has 1 amide bonds. The monoisotopic (exact) mass is 342 g/mol. The fourth-order valence-electron chi connectivity index (χ4n) is 2.51. The van der Waals surface area contributed by atoms with E-state index in [0.29, 0.717) is 22.9 Å². The van der Waals surface area contributed by atoms with E-state index in [4.69, 9.17) is 4.74 Å². The molecule has 126 valence electrons. The molecule has 4 rings (SSSR count). The third-order valence-corrected chi connectivity index (χ3v) is 3.73. The smallest absolute Gasteiger partial charge is 0.255 e. The molecule has 0 bridgehead atoms. The molecule has 0 unspecified atom stereocenters. The van der Waals surface area contributed by atoms with Crippen molar-refractivity contribution in [3.8, 4) is 11.6 Å². The third-order valence-electron chi connectivity index (χ3n) is 3.73. The largest absolute Gasteiger partial charge is 0.437 e. The molecule has 6 heteroatoms. The summed E-state index contributed by atoms with van der Waals surface area (Å²) in [6.07, 6.45) is 3.28. The van der Waals surface area contributed by atoms with Gasteiger partial charge in [-0.1, -0.05) is 18.2 Å². The highest BCUT2D eigenvalue weighted by Gasteiger charge is 2.08. The Morgan fingerprint density at radius 1 is 0.923 bits per heavy atom. The van der Waals surface area contributed by atoms with Crippen molar-refractivity contribution in [3.05, 3.63) is 84.7 Å². The molecule has 0 aliphatic heterocycles. The lowest BCUT2D eigenvalue weighted by molar-refractivity contribution is 0.102. The Labute approximate surface area is 149 Å². The van der Waals surface area contributed by atoms with Gasteiger partial charge in [-0.25, -0.2) is 0 Å². The van der Waals surface area contributed by atoms with Crippen LogP contribution in [0.2, 0.25) is 0 Å². The highest BCUT2D eigenvalue weighted by molar-refractivity contribution is 6.06. The van der Waals surface area contributed by atoms with Crippen molar-refractivity contribution < 1.29 is 9.53 Å². The molecule has 1 N–H and O–H groups in total. The van der Waals surface area contributed by atoms with E-state index in [1.54, 1.807) is 60.9 Å². The van der Waals surface area contributed by atoms with E-state index in [1.165, 1.54) is 0 Å². The van der Waals surface area contributed by atoms with Crippen LogP contribution in [-0.4, -0.2) is 21.1 Å². The lowest BCUT2D eigenvalue weighted by Crippen LogP contribution is -2.11. The Bertz CT molecular complexity index is 1070. The maximum Gasteiger partial charge on any atom is 0.255 e. The molecule has 26 heavy (non-hydrogen) atoms. The van der Waals surface area contributed by atoms with Crippen LogP contribution in [0.4, 0.5) is 5.69 Å². The lowest BCUT2D eigenvalue weighted by Gasteiger charge is -2.08. The van der Waals surface area contributed by atoms with E-state index in [0.717, 1.165) is 10.9 Å². The van der Waals surface area contributed by atoms with Crippen LogP contribution in [0.25, 0.3) is 10.9 Å². The van der Waals surface area contributed by atoms with Crippen molar-refractivity contribution in [2.24, 2.45) is 0 Å².